The quantitative estimate of drug-likeness (QED) is 0.749. The second-order valence-corrected chi connectivity index (χ2v) is 5.35. The van der Waals surface area contributed by atoms with Gasteiger partial charge in [0.25, 0.3) is 0 Å². The summed E-state index contributed by atoms with van der Waals surface area (Å²) in [7, 11) is 0. The normalized spacial score (nSPS) is 33.2. The number of hydrogen-bond donors (Lipinski definition) is 1. The molecule has 1 heterocycles. The third-order valence-corrected chi connectivity index (χ3v) is 3.92. The van der Waals surface area contributed by atoms with Crippen molar-refractivity contribution in [2.24, 2.45) is 5.92 Å². The van der Waals surface area contributed by atoms with Gasteiger partial charge in [0.15, 0.2) is 0 Å². The molecule has 2 fully saturated rings. The van der Waals surface area contributed by atoms with E-state index >= 15 is 0 Å². The maximum absolute atomic E-state index is 3.69. The molecule has 88 valence electrons. The summed E-state index contributed by atoms with van der Waals surface area (Å²) in [5, 5.41) is 3.69. The Labute approximate surface area is 94.4 Å². The van der Waals surface area contributed by atoms with E-state index in [1.165, 1.54) is 51.7 Å². The lowest BCUT2D eigenvalue weighted by Gasteiger charge is -2.40. The largest absolute Gasteiger partial charge is 0.311 e. The fraction of sp³-hybridized carbons (Fsp3) is 1.00. The molecule has 2 rings (SSSR count). The number of piperazine rings is 1. The van der Waals surface area contributed by atoms with Crippen molar-refractivity contribution in [3.63, 3.8) is 0 Å². The molecule has 2 heteroatoms. The Hall–Kier alpha value is -0.0800. The Morgan fingerprint density at radius 2 is 2.07 bits per heavy atom. The Kier molecular flexibility index (Phi) is 4.04. The Morgan fingerprint density at radius 3 is 2.67 bits per heavy atom. The molecule has 2 aliphatic rings. The molecule has 0 bridgehead atoms. The minimum Gasteiger partial charge on any atom is -0.311 e. The predicted molar refractivity (Wildman–Crippen MR) is 65.1 cm³/mol. The zero-order valence-corrected chi connectivity index (χ0v) is 10.3. The van der Waals surface area contributed by atoms with Crippen molar-refractivity contribution >= 4 is 0 Å². The summed E-state index contributed by atoms with van der Waals surface area (Å²) in [6, 6.07) is 1.57. The first-order valence-corrected chi connectivity index (χ1v) is 6.80. The summed E-state index contributed by atoms with van der Waals surface area (Å²) in [5.74, 6) is 1.04. The summed E-state index contributed by atoms with van der Waals surface area (Å²) < 4.78 is 0. The standard InChI is InChI=1S/C13H26N2/c1-3-5-13-8-14-12(4-2)10-15(13)9-11-6-7-11/h11-14H,3-10H2,1-2H3. The van der Waals surface area contributed by atoms with Crippen molar-refractivity contribution in [3.05, 3.63) is 0 Å². The second-order valence-electron chi connectivity index (χ2n) is 5.35. The summed E-state index contributed by atoms with van der Waals surface area (Å²) in [5.41, 5.74) is 0. The van der Waals surface area contributed by atoms with E-state index in [9.17, 15) is 0 Å². The summed E-state index contributed by atoms with van der Waals surface area (Å²) in [6.45, 7) is 8.49. The molecular formula is C13H26N2. The molecular weight excluding hydrogens is 184 g/mol. The minimum atomic E-state index is 0.747. The molecule has 2 nitrogen and oxygen atoms in total. The first-order chi connectivity index (χ1) is 7.33. The summed E-state index contributed by atoms with van der Waals surface area (Å²) in [4.78, 5) is 2.77. The molecule has 0 aromatic rings. The number of hydrogen-bond acceptors (Lipinski definition) is 2. The van der Waals surface area contributed by atoms with E-state index in [1.54, 1.807) is 0 Å². The van der Waals surface area contributed by atoms with Gasteiger partial charge in [0.05, 0.1) is 0 Å². The van der Waals surface area contributed by atoms with Gasteiger partial charge in [0.2, 0.25) is 0 Å². The highest BCUT2D eigenvalue weighted by molar-refractivity contribution is 4.88. The van der Waals surface area contributed by atoms with Crippen LogP contribution in [0.3, 0.4) is 0 Å². The van der Waals surface area contributed by atoms with Gasteiger partial charge < -0.3 is 5.32 Å². The molecule has 0 amide bonds. The van der Waals surface area contributed by atoms with E-state index in [0.29, 0.717) is 0 Å². The van der Waals surface area contributed by atoms with Crippen LogP contribution in [0.2, 0.25) is 0 Å². The van der Waals surface area contributed by atoms with E-state index in [-0.39, 0.29) is 0 Å². The third kappa shape index (κ3) is 3.18. The third-order valence-electron chi connectivity index (χ3n) is 3.92. The van der Waals surface area contributed by atoms with Crippen LogP contribution in [-0.2, 0) is 0 Å². The average molecular weight is 210 g/mol. The van der Waals surface area contributed by atoms with Gasteiger partial charge in [-0.3, -0.25) is 4.90 Å². The lowest BCUT2D eigenvalue weighted by molar-refractivity contribution is 0.116. The maximum Gasteiger partial charge on any atom is 0.0221 e. The van der Waals surface area contributed by atoms with Crippen molar-refractivity contribution in [2.45, 2.75) is 58.0 Å². The van der Waals surface area contributed by atoms with Crippen molar-refractivity contribution in [1.29, 1.82) is 0 Å². The molecule has 1 aliphatic carbocycles. The van der Waals surface area contributed by atoms with E-state index in [2.05, 4.69) is 24.1 Å². The Bertz CT molecular complexity index is 189. The Balaban J connectivity index is 1.85. The van der Waals surface area contributed by atoms with Crippen LogP contribution in [0, 0.1) is 5.92 Å². The van der Waals surface area contributed by atoms with Crippen molar-refractivity contribution in [2.75, 3.05) is 19.6 Å². The molecule has 0 radical (unpaired) electrons. The van der Waals surface area contributed by atoms with Crippen LogP contribution >= 0.6 is 0 Å². The van der Waals surface area contributed by atoms with Gasteiger partial charge in [-0.25, -0.2) is 0 Å². The molecule has 0 spiro atoms. The van der Waals surface area contributed by atoms with Crippen LogP contribution in [-0.4, -0.2) is 36.6 Å². The molecule has 2 atom stereocenters. The SMILES string of the molecule is CCCC1CNC(CC)CN1CC1CC1. The highest BCUT2D eigenvalue weighted by atomic mass is 15.2. The van der Waals surface area contributed by atoms with E-state index < -0.39 is 0 Å². The van der Waals surface area contributed by atoms with Gasteiger partial charge in [-0.1, -0.05) is 20.3 Å². The van der Waals surface area contributed by atoms with Gasteiger partial charge in [0.1, 0.15) is 0 Å². The van der Waals surface area contributed by atoms with Crippen LogP contribution in [0.15, 0.2) is 0 Å². The zero-order valence-electron chi connectivity index (χ0n) is 10.3. The fourth-order valence-electron chi connectivity index (χ4n) is 2.68. The highest BCUT2D eigenvalue weighted by Crippen LogP contribution is 2.31. The summed E-state index contributed by atoms with van der Waals surface area (Å²) >= 11 is 0. The lowest BCUT2D eigenvalue weighted by Crippen LogP contribution is -2.56. The molecule has 1 saturated heterocycles. The molecule has 1 saturated carbocycles. The molecule has 1 N–H and O–H groups in total. The average Bonchev–Trinajstić information content (AvgIpc) is 3.05. The molecule has 2 unspecified atom stereocenters. The van der Waals surface area contributed by atoms with Gasteiger partial charge in [-0.2, -0.15) is 0 Å². The van der Waals surface area contributed by atoms with Gasteiger partial charge in [0, 0.05) is 31.7 Å². The molecule has 15 heavy (non-hydrogen) atoms. The van der Waals surface area contributed by atoms with Gasteiger partial charge in [-0.05, 0) is 31.6 Å². The van der Waals surface area contributed by atoms with Crippen LogP contribution in [0.4, 0.5) is 0 Å². The van der Waals surface area contributed by atoms with Gasteiger partial charge in [-0.15, -0.1) is 0 Å². The van der Waals surface area contributed by atoms with Crippen LogP contribution in [0.25, 0.3) is 0 Å². The zero-order chi connectivity index (χ0) is 10.7. The topological polar surface area (TPSA) is 15.3 Å². The van der Waals surface area contributed by atoms with Crippen molar-refractivity contribution in [3.8, 4) is 0 Å². The van der Waals surface area contributed by atoms with E-state index in [0.717, 1.165) is 18.0 Å². The number of nitrogens with zero attached hydrogens (tertiary/aromatic N) is 1. The van der Waals surface area contributed by atoms with Crippen LogP contribution < -0.4 is 5.32 Å². The van der Waals surface area contributed by atoms with Crippen molar-refractivity contribution in [1.82, 2.24) is 10.2 Å². The molecule has 0 aromatic heterocycles. The molecule has 1 aliphatic heterocycles. The monoisotopic (exact) mass is 210 g/mol. The first kappa shape index (κ1) is 11.4. The smallest absolute Gasteiger partial charge is 0.0221 e. The van der Waals surface area contributed by atoms with Crippen LogP contribution in [0.1, 0.15) is 46.0 Å². The Morgan fingerprint density at radius 1 is 1.27 bits per heavy atom. The second kappa shape index (κ2) is 5.31. The number of nitrogens with one attached hydrogen (secondary N) is 1. The van der Waals surface area contributed by atoms with Crippen LogP contribution in [0.5, 0.6) is 0 Å². The minimum absolute atomic E-state index is 0.747. The van der Waals surface area contributed by atoms with E-state index in [1.807, 2.05) is 0 Å². The highest BCUT2D eigenvalue weighted by Gasteiger charge is 2.31. The molecule has 0 aromatic carbocycles. The lowest BCUT2D eigenvalue weighted by atomic mass is 10.0. The van der Waals surface area contributed by atoms with Gasteiger partial charge >= 0.3 is 0 Å². The maximum atomic E-state index is 3.69. The fourth-order valence-corrected chi connectivity index (χ4v) is 2.68. The van der Waals surface area contributed by atoms with E-state index in [4.69, 9.17) is 0 Å². The van der Waals surface area contributed by atoms with Crippen molar-refractivity contribution < 1.29 is 0 Å². The number of rotatable bonds is 5. The summed E-state index contributed by atoms with van der Waals surface area (Å²) in [6.07, 6.45) is 6.94. The predicted octanol–water partition coefficient (Wildman–Crippen LogP) is 2.25. The first-order valence-electron chi connectivity index (χ1n) is 6.80.